The second kappa shape index (κ2) is 9.82. The van der Waals surface area contributed by atoms with Gasteiger partial charge < -0.3 is 10.1 Å². The molecule has 0 aliphatic rings. The van der Waals surface area contributed by atoms with Crippen molar-refractivity contribution in [2.45, 2.75) is 39.3 Å². The van der Waals surface area contributed by atoms with Gasteiger partial charge >= 0.3 is 0 Å². The van der Waals surface area contributed by atoms with Crippen molar-refractivity contribution in [1.29, 1.82) is 0 Å². The lowest BCUT2D eigenvalue weighted by Crippen LogP contribution is -2.15. The highest BCUT2D eigenvalue weighted by Gasteiger charge is 2.08. The van der Waals surface area contributed by atoms with Crippen LogP contribution in [0.5, 0.6) is 5.75 Å². The minimum atomic E-state index is 0.366. The molecular weight excluding hydrogens is 329 g/mol. The van der Waals surface area contributed by atoms with Gasteiger partial charge in [-0.3, -0.25) is 0 Å². The van der Waals surface area contributed by atoms with Crippen LogP contribution in [-0.2, 0) is 13.2 Å². The summed E-state index contributed by atoms with van der Waals surface area (Å²) in [5, 5.41) is 4.73. The summed E-state index contributed by atoms with van der Waals surface area (Å²) >= 11 is 12.4. The van der Waals surface area contributed by atoms with Crippen LogP contribution in [0.15, 0.2) is 42.5 Å². The maximum atomic E-state index is 6.19. The maximum Gasteiger partial charge on any atom is 0.124 e. The minimum Gasteiger partial charge on any atom is -0.488 e. The Balaban J connectivity index is 1.95. The topological polar surface area (TPSA) is 21.3 Å². The highest BCUT2D eigenvalue weighted by atomic mass is 35.5. The molecule has 2 aromatic rings. The van der Waals surface area contributed by atoms with Gasteiger partial charge in [-0.05, 0) is 31.2 Å². The Bertz CT molecular complexity index is 596. The predicted octanol–water partition coefficient (Wildman–Crippen LogP) is 5.85. The zero-order valence-electron chi connectivity index (χ0n) is 13.4. The van der Waals surface area contributed by atoms with E-state index in [-0.39, 0.29) is 0 Å². The molecule has 23 heavy (non-hydrogen) atoms. The van der Waals surface area contributed by atoms with Gasteiger partial charge in [-0.15, -0.1) is 0 Å². The van der Waals surface area contributed by atoms with Gasteiger partial charge in [0.2, 0.25) is 0 Å². The molecule has 0 saturated heterocycles. The van der Waals surface area contributed by atoms with Crippen LogP contribution in [0.4, 0.5) is 0 Å². The lowest BCUT2D eigenvalue weighted by atomic mass is 10.2. The van der Waals surface area contributed by atoms with E-state index in [1.807, 2.05) is 36.4 Å². The van der Waals surface area contributed by atoms with Crippen molar-refractivity contribution in [3.05, 3.63) is 63.6 Å². The summed E-state index contributed by atoms with van der Waals surface area (Å²) in [5.74, 6) is 0.867. The number of benzene rings is 2. The molecule has 0 aromatic heterocycles. The van der Waals surface area contributed by atoms with Gasteiger partial charge in [-0.25, -0.2) is 0 Å². The third-order valence-corrected chi connectivity index (χ3v) is 4.39. The van der Waals surface area contributed by atoms with E-state index >= 15 is 0 Å². The third-order valence-electron chi connectivity index (χ3n) is 3.68. The number of nitrogens with one attached hydrogen (secondary N) is 1. The first-order valence-electron chi connectivity index (χ1n) is 8.06. The number of ether oxygens (including phenoxy) is 1. The number of hydrogen-bond donors (Lipinski definition) is 1. The molecule has 0 heterocycles. The molecule has 0 spiro atoms. The van der Waals surface area contributed by atoms with Gasteiger partial charge in [0.1, 0.15) is 12.4 Å². The van der Waals surface area contributed by atoms with Crippen LogP contribution >= 0.6 is 23.2 Å². The van der Waals surface area contributed by atoms with E-state index in [0.29, 0.717) is 16.7 Å². The van der Waals surface area contributed by atoms with Crippen LogP contribution in [0.25, 0.3) is 0 Å². The monoisotopic (exact) mass is 351 g/mol. The van der Waals surface area contributed by atoms with Crippen LogP contribution in [0.2, 0.25) is 10.0 Å². The van der Waals surface area contributed by atoms with E-state index < -0.39 is 0 Å². The molecule has 0 aliphatic carbocycles. The average molecular weight is 352 g/mol. The summed E-state index contributed by atoms with van der Waals surface area (Å²) in [6.07, 6.45) is 3.70. The van der Waals surface area contributed by atoms with Crippen molar-refractivity contribution >= 4 is 23.2 Å². The molecular formula is C19H23Cl2NO. The van der Waals surface area contributed by atoms with Crippen LogP contribution in [0.1, 0.15) is 37.3 Å². The number of hydrogen-bond acceptors (Lipinski definition) is 2. The van der Waals surface area contributed by atoms with Gasteiger partial charge in [0.15, 0.2) is 0 Å². The van der Waals surface area contributed by atoms with E-state index in [2.05, 4.69) is 18.3 Å². The quantitative estimate of drug-likeness (QED) is 0.572. The highest BCUT2D eigenvalue weighted by Crippen LogP contribution is 2.27. The predicted molar refractivity (Wildman–Crippen MR) is 98.5 cm³/mol. The van der Waals surface area contributed by atoms with Crippen molar-refractivity contribution in [2.24, 2.45) is 0 Å². The summed E-state index contributed by atoms with van der Waals surface area (Å²) < 4.78 is 5.95. The standard InChI is InChI=1S/C19H23Cl2NO/c1-2-3-6-12-22-13-15-8-4-5-11-19(15)23-14-16-17(20)9-7-10-18(16)21/h4-5,7-11,22H,2-3,6,12-14H2,1H3. The Morgan fingerprint density at radius 2 is 1.70 bits per heavy atom. The van der Waals surface area contributed by atoms with Gasteiger partial charge in [-0.2, -0.15) is 0 Å². The molecule has 2 rings (SSSR count). The lowest BCUT2D eigenvalue weighted by Gasteiger charge is -2.13. The first-order chi connectivity index (χ1) is 11.2. The third kappa shape index (κ3) is 5.72. The van der Waals surface area contributed by atoms with Gasteiger partial charge in [-0.1, -0.05) is 67.2 Å². The lowest BCUT2D eigenvalue weighted by molar-refractivity contribution is 0.302. The summed E-state index contributed by atoms with van der Waals surface area (Å²) in [5.41, 5.74) is 1.97. The van der Waals surface area contributed by atoms with Crippen LogP contribution in [0.3, 0.4) is 0 Å². The normalized spacial score (nSPS) is 10.7. The molecule has 0 radical (unpaired) electrons. The fourth-order valence-electron chi connectivity index (χ4n) is 2.33. The van der Waals surface area contributed by atoms with E-state index in [1.165, 1.54) is 19.3 Å². The van der Waals surface area contributed by atoms with E-state index in [9.17, 15) is 0 Å². The van der Waals surface area contributed by atoms with Crippen molar-refractivity contribution in [3.8, 4) is 5.75 Å². The molecule has 4 heteroatoms. The molecule has 0 fully saturated rings. The van der Waals surface area contributed by atoms with E-state index in [0.717, 1.165) is 30.0 Å². The zero-order valence-corrected chi connectivity index (χ0v) is 15.0. The van der Waals surface area contributed by atoms with E-state index in [4.69, 9.17) is 27.9 Å². The SMILES string of the molecule is CCCCCNCc1ccccc1OCc1c(Cl)cccc1Cl. The second-order valence-electron chi connectivity index (χ2n) is 5.48. The number of halogens is 2. The summed E-state index contributed by atoms with van der Waals surface area (Å²) in [6.45, 7) is 4.41. The largest absolute Gasteiger partial charge is 0.488 e. The van der Waals surface area contributed by atoms with Crippen molar-refractivity contribution in [3.63, 3.8) is 0 Å². The molecule has 0 unspecified atom stereocenters. The zero-order chi connectivity index (χ0) is 16.5. The Morgan fingerprint density at radius 3 is 2.43 bits per heavy atom. The van der Waals surface area contributed by atoms with Gasteiger partial charge in [0.05, 0.1) is 0 Å². The smallest absolute Gasteiger partial charge is 0.124 e. The molecule has 0 saturated carbocycles. The van der Waals surface area contributed by atoms with Crippen molar-refractivity contribution in [1.82, 2.24) is 5.32 Å². The number of para-hydroxylation sites is 1. The summed E-state index contributed by atoms with van der Waals surface area (Å²) in [7, 11) is 0. The molecule has 0 atom stereocenters. The minimum absolute atomic E-state index is 0.366. The van der Waals surface area contributed by atoms with Crippen molar-refractivity contribution < 1.29 is 4.74 Å². The van der Waals surface area contributed by atoms with Crippen molar-refractivity contribution in [2.75, 3.05) is 6.54 Å². The second-order valence-corrected chi connectivity index (χ2v) is 6.29. The first-order valence-corrected chi connectivity index (χ1v) is 8.82. The fourth-order valence-corrected chi connectivity index (χ4v) is 2.84. The van der Waals surface area contributed by atoms with Gasteiger partial charge in [0.25, 0.3) is 0 Å². The molecule has 0 amide bonds. The Hall–Kier alpha value is -1.22. The molecule has 2 aromatic carbocycles. The maximum absolute atomic E-state index is 6.19. The first kappa shape index (κ1) is 18.1. The van der Waals surface area contributed by atoms with Gasteiger partial charge in [0, 0.05) is 27.7 Å². The molecule has 0 aliphatic heterocycles. The summed E-state index contributed by atoms with van der Waals surface area (Å²) in [4.78, 5) is 0. The van der Waals surface area contributed by atoms with Crippen LogP contribution < -0.4 is 10.1 Å². The number of unbranched alkanes of at least 4 members (excludes halogenated alkanes) is 2. The number of rotatable bonds is 9. The fraction of sp³-hybridized carbons (Fsp3) is 0.368. The average Bonchev–Trinajstić information content (AvgIpc) is 2.55. The van der Waals surface area contributed by atoms with E-state index in [1.54, 1.807) is 0 Å². The Kier molecular flexibility index (Phi) is 7.73. The summed E-state index contributed by atoms with van der Waals surface area (Å²) in [6, 6.07) is 13.6. The van der Waals surface area contributed by atoms with Crippen LogP contribution in [0, 0.1) is 0 Å². The highest BCUT2D eigenvalue weighted by molar-refractivity contribution is 6.35. The Morgan fingerprint density at radius 1 is 0.957 bits per heavy atom. The molecule has 0 bridgehead atoms. The molecule has 1 N–H and O–H groups in total. The Labute approximate surface area is 148 Å². The molecule has 2 nitrogen and oxygen atoms in total. The van der Waals surface area contributed by atoms with Crippen LogP contribution in [-0.4, -0.2) is 6.54 Å². The molecule has 124 valence electrons.